The molecule has 2 N–H and O–H groups in total. The Labute approximate surface area is 114 Å². The summed E-state index contributed by atoms with van der Waals surface area (Å²) in [6.07, 6.45) is 9.27. The lowest BCUT2D eigenvalue weighted by Gasteiger charge is -2.23. The summed E-state index contributed by atoms with van der Waals surface area (Å²) in [6, 6.07) is 0. The average Bonchev–Trinajstić information content (AvgIpc) is 2.98. The van der Waals surface area contributed by atoms with E-state index in [2.05, 4.69) is 12.2 Å². The van der Waals surface area contributed by atoms with Crippen LogP contribution in [0.1, 0.15) is 39.0 Å². The van der Waals surface area contributed by atoms with E-state index in [-0.39, 0.29) is 23.7 Å². The number of carboxylic acids is 1. The third-order valence-corrected chi connectivity index (χ3v) is 4.38. The molecule has 2 bridgehead atoms. The SMILES string of the molecule is CCCCCCNC(=O)[C@@H]1[C@@H](C(=O)O)[C@@H]2C=C[C@H]1C2. The maximum absolute atomic E-state index is 12.2. The Hall–Kier alpha value is -1.32. The molecule has 19 heavy (non-hydrogen) atoms. The van der Waals surface area contributed by atoms with Crippen molar-refractivity contribution in [2.45, 2.75) is 39.0 Å². The van der Waals surface area contributed by atoms with Crippen LogP contribution in [-0.2, 0) is 9.59 Å². The van der Waals surface area contributed by atoms with Gasteiger partial charge in [0.15, 0.2) is 0 Å². The summed E-state index contributed by atoms with van der Waals surface area (Å²) >= 11 is 0. The van der Waals surface area contributed by atoms with Gasteiger partial charge in [0.25, 0.3) is 0 Å². The van der Waals surface area contributed by atoms with Gasteiger partial charge in [-0.05, 0) is 24.7 Å². The molecule has 1 fully saturated rings. The number of carboxylic acid groups (broad SMARTS) is 1. The standard InChI is InChI=1S/C15H23NO3/c1-2-3-4-5-8-16-14(17)12-10-6-7-11(9-10)13(12)15(18)19/h6-7,10-13H,2-5,8-9H2,1H3,(H,16,17)(H,18,19)/t10-,11+,12-,13-/m0/s1. The monoisotopic (exact) mass is 265 g/mol. The van der Waals surface area contributed by atoms with Gasteiger partial charge in [-0.15, -0.1) is 0 Å². The minimum Gasteiger partial charge on any atom is -0.481 e. The molecule has 0 aromatic heterocycles. The van der Waals surface area contributed by atoms with Crippen LogP contribution in [-0.4, -0.2) is 23.5 Å². The number of hydrogen-bond donors (Lipinski definition) is 2. The zero-order valence-corrected chi connectivity index (χ0v) is 11.5. The largest absolute Gasteiger partial charge is 0.481 e. The zero-order valence-electron chi connectivity index (χ0n) is 11.5. The molecule has 2 aliphatic carbocycles. The highest BCUT2D eigenvalue weighted by molar-refractivity contribution is 5.86. The first-order chi connectivity index (χ1) is 9.15. The van der Waals surface area contributed by atoms with E-state index in [1.807, 2.05) is 12.2 Å². The van der Waals surface area contributed by atoms with Gasteiger partial charge >= 0.3 is 5.97 Å². The summed E-state index contributed by atoms with van der Waals surface area (Å²) < 4.78 is 0. The minimum atomic E-state index is -0.831. The Morgan fingerprint density at radius 2 is 1.84 bits per heavy atom. The summed E-state index contributed by atoms with van der Waals surface area (Å²) in [5.74, 6) is -1.60. The Morgan fingerprint density at radius 1 is 1.16 bits per heavy atom. The van der Waals surface area contributed by atoms with Crippen LogP contribution in [0.15, 0.2) is 12.2 Å². The van der Waals surface area contributed by atoms with Gasteiger partial charge in [-0.2, -0.15) is 0 Å². The molecule has 0 aliphatic heterocycles. The van der Waals surface area contributed by atoms with Crippen LogP contribution in [0.4, 0.5) is 0 Å². The maximum Gasteiger partial charge on any atom is 0.307 e. The second-order valence-electron chi connectivity index (χ2n) is 5.69. The van der Waals surface area contributed by atoms with Gasteiger partial charge in [0.1, 0.15) is 0 Å². The summed E-state index contributed by atoms with van der Waals surface area (Å²) in [5.41, 5.74) is 0. The quantitative estimate of drug-likeness (QED) is 0.548. The van der Waals surface area contributed by atoms with E-state index in [1.165, 1.54) is 12.8 Å². The van der Waals surface area contributed by atoms with Crippen molar-refractivity contribution in [3.8, 4) is 0 Å². The van der Waals surface area contributed by atoms with Crippen LogP contribution >= 0.6 is 0 Å². The molecule has 1 saturated carbocycles. The van der Waals surface area contributed by atoms with E-state index in [1.54, 1.807) is 0 Å². The molecule has 0 aromatic carbocycles. The maximum atomic E-state index is 12.2. The molecule has 2 rings (SSSR count). The normalized spacial score (nSPS) is 31.6. The fourth-order valence-corrected chi connectivity index (χ4v) is 3.40. The predicted octanol–water partition coefficient (Wildman–Crippen LogP) is 2.21. The van der Waals surface area contributed by atoms with Crippen LogP contribution in [0.2, 0.25) is 0 Å². The number of nitrogens with one attached hydrogen (secondary N) is 1. The van der Waals surface area contributed by atoms with Crippen molar-refractivity contribution >= 4 is 11.9 Å². The van der Waals surface area contributed by atoms with Gasteiger partial charge in [-0.3, -0.25) is 9.59 Å². The number of aliphatic carboxylic acids is 1. The topological polar surface area (TPSA) is 66.4 Å². The molecule has 0 aromatic rings. The lowest BCUT2D eigenvalue weighted by Crippen LogP contribution is -2.40. The van der Waals surface area contributed by atoms with Crippen molar-refractivity contribution in [3.05, 3.63) is 12.2 Å². The van der Waals surface area contributed by atoms with E-state index in [0.29, 0.717) is 6.54 Å². The lowest BCUT2D eigenvalue weighted by atomic mass is 9.82. The predicted molar refractivity (Wildman–Crippen MR) is 72.5 cm³/mol. The number of carbonyl (C=O) groups is 2. The summed E-state index contributed by atoms with van der Waals surface area (Å²) in [5, 5.41) is 12.2. The Kier molecular flexibility index (Phi) is 4.61. The first-order valence-corrected chi connectivity index (χ1v) is 7.34. The molecule has 0 unspecified atom stereocenters. The first-order valence-electron chi connectivity index (χ1n) is 7.34. The highest BCUT2D eigenvalue weighted by Crippen LogP contribution is 2.48. The third kappa shape index (κ3) is 2.99. The van der Waals surface area contributed by atoms with Crippen LogP contribution in [0.3, 0.4) is 0 Å². The molecule has 0 spiro atoms. The highest BCUT2D eigenvalue weighted by atomic mass is 16.4. The third-order valence-electron chi connectivity index (χ3n) is 4.38. The molecular formula is C15H23NO3. The molecule has 0 heterocycles. The van der Waals surface area contributed by atoms with E-state index < -0.39 is 11.9 Å². The van der Waals surface area contributed by atoms with E-state index in [4.69, 9.17) is 0 Å². The van der Waals surface area contributed by atoms with Gasteiger partial charge in [-0.25, -0.2) is 0 Å². The van der Waals surface area contributed by atoms with Crippen molar-refractivity contribution in [1.29, 1.82) is 0 Å². The molecule has 0 radical (unpaired) electrons. The number of unbranched alkanes of at least 4 members (excludes halogenated alkanes) is 3. The smallest absolute Gasteiger partial charge is 0.307 e. The van der Waals surface area contributed by atoms with E-state index >= 15 is 0 Å². The summed E-state index contributed by atoms with van der Waals surface area (Å²) in [7, 11) is 0. The van der Waals surface area contributed by atoms with Gasteiger partial charge in [0, 0.05) is 6.54 Å². The lowest BCUT2D eigenvalue weighted by molar-refractivity contribution is -0.147. The Bertz CT molecular complexity index is 378. The fourth-order valence-electron chi connectivity index (χ4n) is 3.40. The van der Waals surface area contributed by atoms with Crippen molar-refractivity contribution in [2.24, 2.45) is 23.7 Å². The van der Waals surface area contributed by atoms with Crippen LogP contribution in [0.5, 0.6) is 0 Å². The molecule has 4 heteroatoms. The minimum absolute atomic E-state index is 0.0540. The number of allylic oxidation sites excluding steroid dienone is 2. The molecule has 4 atom stereocenters. The molecule has 0 saturated heterocycles. The molecule has 4 nitrogen and oxygen atoms in total. The second kappa shape index (κ2) is 6.22. The molecule has 106 valence electrons. The number of rotatable bonds is 7. The first kappa shape index (κ1) is 14.1. The second-order valence-corrected chi connectivity index (χ2v) is 5.69. The summed E-state index contributed by atoms with van der Waals surface area (Å²) in [6.45, 7) is 2.82. The van der Waals surface area contributed by atoms with Crippen LogP contribution < -0.4 is 5.32 Å². The summed E-state index contributed by atoms with van der Waals surface area (Å²) in [4.78, 5) is 23.5. The van der Waals surface area contributed by atoms with Gasteiger partial charge in [0.05, 0.1) is 11.8 Å². The Balaban J connectivity index is 1.84. The van der Waals surface area contributed by atoms with Crippen molar-refractivity contribution in [2.75, 3.05) is 6.54 Å². The van der Waals surface area contributed by atoms with Crippen LogP contribution in [0, 0.1) is 23.7 Å². The van der Waals surface area contributed by atoms with Crippen molar-refractivity contribution in [3.63, 3.8) is 0 Å². The number of fused-ring (bicyclic) bond motifs is 2. The molecule has 1 amide bonds. The number of amides is 1. The average molecular weight is 265 g/mol. The number of hydrogen-bond acceptors (Lipinski definition) is 2. The number of carbonyl (C=O) groups excluding carboxylic acids is 1. The molecular weight excluding hydrogens is 242 g/mol. The van der Waals surface area contributed by atoms with Crippen molar-refractivity contribution in [1.82, 2.24) is 5.32 Å². The van der Waals surface area contributed by atoms with Gasteiger partial charge in [-0.1, -0.05) is 38.3 Å². The fraction of sp³-hybridized carbons (Fsp3) is 0.733. The Morgan fingerprint density at radius 3 is 2.47 bits per heavy atom. The van der Waals surface area contributed by atoms with Crippen LogP contribution in [0.25, 0.3) is 0 Å². The van der Waals surface area contributed by atoms with E-state index in [0.717, 1.165) is 19.3 Å². The zero-order chi connectivity index (χ0) is 13.8. The van der Waals surface area contributed by atoms with Crippen molar-refractivity contribution < 1.29 is 14.7 Å². The molecule has 2 aliphatic rings. The van der Waals surface area contributed by atoms with E-state index in [9.17, 15) is 14.7 Å². The van der Waals surface area contributed by atoms with Gasteiger partial charge in [0.2, 0.25) is 5.91 Å². The van der Waals surface area contributed by atoms with Gasteiger partial charge < -0.3 is 10.4 Å². The highest BCUT2D eigenvalue weighted by Gasteiger charge is 2.51.